The number of benzene rings is 2. The Kier molecular flexibility index (Phi) is 6.13. The summed E-state index contributed by atoms with van der Waals surface area (Å²) >= 11 is 0. The summed E-state index contributed by atoms with van der Waals surface area (Å²) in [4.78, 5) is 51.2. The molecule has 4 amide bonds. The van der Waals surface area contributed by atoms with Crippen LogP contribution in [0, 0.1) is 12.7 Å². The molecule has 0 aliphatic carbocycles. The number of hydrogen-bond acceptors (Lipinski definition) is 5. The van der Waals surface area contributed by atoms with E-state index in [4.69, 9.17) is 0 Å². The highest BCUT2D eigenvalue weighted by Crippen LogP contribution is 2.31. The first-order valence-electron chi connectivity index (χ1n) is 10.8. The predicted molar refractivity (Wildman–Crippen MR) is 119 cm³/mol. The average molecular weight is 452 g/mol. The van der Waals surface area contributed by atoms with Crippen molar-refractivity contribution in [1.29, 1.82) is 0 Å². The summed E-state index contributed by atoms with van der Waals surface area (Å²) in [5.74, 6) is -1.85. The summed E-state index contributed by atoms with van der Waals surface area (Å²) in [6, 6.07) is 9.20. The Hall–Kier alpha value is -3.75. The fraction of sp³-hybridized carbons (Fsp3) is 0.333. The number of carbonyl (C=O) groups is 4. The molecule has 2 aromatic carbocycles. The zero-order chi connectivity index (χ0) is 23.7. The molecule has 0 bridgehead atoms. The number of rotatable bonds is 5. The number of aryl methyl sites for hydroxylation is 1. The van der Waals surface area contributed by atoms with Gasteiger partial charge in [0, 0.05) is 18.7 Å². The molecule has 0 radical (unpaired) electrons. The van der Waals surface area contributed by atoms with Crippen molar-refractivity contribution in [2.45, 2.75) is 51.9 Å². The van der Waals surface area contributed by atoms with E-state index >= 15 is 0 Å². The van der Waals surface area contributed by atoms with Gasteiger partial charge in [-0.2, -0.15) is 0 Å². The Labute approximate surface area is 190 Å². The number of nitrogens with zero attached hydrogens (tertiary/aromatic N) is 1. The van der Waals surface area contributed by atoms with E-state index in [1.165, 1.54) is 11.0 Å². The number of hydrogen-bond donors (Lipinski definition) is 3. The predicted octanol–water partition coefficient (Wildman–Crippen LogP) is 2.01. The number of imide groups is 1. The molecule has 8 nitrogen and oxygen atoms in total. The molecule has 2 unspecified atom stereocenters. The average Bonchev–Trinajstić information content (AvgIpc) is 2.76. The van der Waals surface area contributed by atoms with Gasteiger partial charge in [-0.15, -0.1) is 0 Å². The van der Waals surface area contributed by atoms with E-state index in [1.54, 1.807) is 44.2 Å². The molecule has 4 rings (SSSR count). The van der Waals surface area contributed by atoms with E-state index in [-0.39, 0.29) is 49.3 Å². The molecule has 1 fully saturated rings. The smallest absolute Gasteiger partial charge is 0.258 e. The molecule has 0 saturated carbocycles. The number of anilines is 1. The first-order valence-corrected chi connectivity index (χ1v) is 10.8. The van der Waals surface area contributed by atoms with E-state index in [0.717, 1.165) is 0 Å². The SMILES string of the molecule is Cc1ccc(CC(=O)NCc2cccc3c2C(=O)N(C2CCC(=O)NC2=O)C(C)N3)cc1F. The molecule has 33 heavy (non-hydrogen) atoms. The van der Waals surface area contributed by atoms with Crippen molar-refractivity contribution in [2.75, 3.05) is 5.32 Å². The topological polar surface area (TPSA) is 108 Å². The molecule has 3 N–H and O–H groups in total. The van der Waals surface area contributed by atoms with Crippen LogP contribution in [-0.2, 0) is 27.3 Å². The maximum Gasteiger partial charge on any atom is 0.258 e. The van der Waals surface area contributed by atoms with Crippen LogP contribution < -0.4 is 16.0 Å². The molecule has 0 aromatic heterocycles. The number of carbonyl (C=O) groups excluding carboxylic acids is 4. The summed E-state index contributed by atoms with van der Waals surface area (Å²) in [7, 11) is 0. The van der Waals surface area contributed by atoms with Gasteiger partial charge in [-0.3, -0.25) is 24.5 Å². The Morgan fingerprint density at radius 1 is 1.21 bits per heavy atom. The lowest BCUT2D eigenvalue weighted by Gasteiger charge is -2.41. The van der Waals surface area contributed by atoms with Crippen LogP contribution in [0.15, 0.2) is 36.4 Å². The molecule has 9 heteroatoms. The summed E-state index contributed by atoms with van der Waals surface area (Å²) in [6.45, 7) is 3.53. The monoisotopic (exact) mass is 452 g/mol. The minimum absolute atomic E-state index is 0.0118. The van der Waals surface area contributed by atoms with Crippen LogP contribution >= 0.6 is 0 Å². The van der Waals surface area contributed by atoms with E-state index < -0.39 is 18.1 Å². The molecule has 2 heterocycles. The highest BCUT2D eigenvalue weighted by atomic mass is 19.1. The Morgan fingerprint density at radius 2 is 2.00 bits per heavy atom. The zero-order valence-corrected chi connectivity index (χ0v) is 18.4. The van der Waals surface area contributed by atoms with Gasteiger partial charge in [-0.05, 0) is 49.1 Å². The number of nitrogens with one attached hydrogen (secondary N) is 3. The van der Waals surface area contributed by atoms with Crippen LogP contribution in [0.2, 0.25) is 0 Å². The number of halogens is 1. The number of piperidine rings is 1. The maximum absolute atomic E-state index is 13.8. The van der Waals surface area contributed by atoms with Gasteiger partial charge in [0.1, 0.15) is 11.9 Å². The Balaban J connectivity index is 1.50. The van der Waals surface area contributed by atoms with Crippen molar-refractivity contribution in [1.82, 2.24) is 15.5 Å². The molecule has 2 atom stereocenters. The van der Waals surface area contributed by atoms with E-state index in [9.17, 15) is 23.6 Å². The van der Waals surface area contributed by atoms with E-state index in [0.29, 0.717) is 27.9 Å². The van der Waals surface area contributed by atoms with Crippen LogP contribution in [0.3, 0.4) is 0 Å². The van der Waals surface area contributed by atoms with Gasteiger partial charge in [0.05, 0.1) is 18.2 Å². The van der Waals surface area contributed by atoms with Gasteiger partial charge in [0.2, 0.25) is 17.7 Å². The van der Waals surface area contributed by atoms with Crippen molar-refractivity contribution < 1.29 is 23.6 Å². The fourth-order valence-electron chi connectivity index (χ4n) is 4.27. The van der Waals surface area contributed by atoms with Crippen molar-refractivity contribution >= 4 is 29.3 Å². The summed E-state index contributed by atoms with van der Waals surface area (Å²) < 4.78 is 13.8. The summed E-state index contributed by atoms with van der Waals surface area (Å²) in [5, 5.41) is 8.32. The van der Waals surface area contributed by atoms with Gasteiger partial charge in [-0.25, -0.2) is 4.39 Å². The lowest BCUT2D eigenvalue weighted by Crippen LogP contribution is -2.60. The Morgan fingerprint density at radius 3 is 2.73 bits per heavy atom. The molecule has 172 valence electrons. The fourth-order valence-corrected chi connectivity index (χ4v) is 4.27. The second kappa shape index (κ2) is 9.01. The van der Waals surface area contributed by atoms with Crippen molar-refractivity contribution in [2.24, 2.45) is 0 Å². The molecular formula is C24H25FN4O4. The number of fused-ring (bicyclic) bond motifs is 1. The molecule has 1 saturated heterocycles. The van der Waals surface area contributed by atoms with Crippen LogP contribution in [-0.4, -0.2) is 40.7 Å². The molecule has 2 aliphatic rings. The Bertz CT molecular complexity index is 1150. The first-order chi connectivity index (χ1) is 15.7. The normalized spacial score (nSPS) is 20.1. The van der Waals surface area contributed by atoms with Gasteiger partial charge in [-0.1, -0.05) is 24.3 Å². The van der Waals surface area contributed by atoms with Crippen LogP contribution in [0.1, 0.15) is 46.8 Å². The van der Waals surface area contributed by atoms with Gasteiger partial charge in [0.15, 0.2) is 0 Å². The lowest BCUT2D eigenvalue weighted by atomic mass is 9.96. The maximum atomic E-state index is 13.8. The van der Waals surface area contributed by atoms with Gasteiger partial charge >= 0.3 is 0 Å². The summed E-state index contributed by atoms with van der Waals surface area (Å²) in [5.41, 5.74) is 2.65. The van der Waals surface area contributed by atoms with Crippen molar-refractivity contribution in [3.8, 4) is 0 Å². The lowest BCUT2D eigenvalue weighted by molar-refractivity contribution is -0.137. The van der Waals surface area contributed by atoms with Crippen LogP contribution in [0.5, 0.6) is 0 Å². The van der Waals surface area contributed by atoms with Crippen LogP contribution in [0.4, 0.5) is 10.1 Å². The third-order valence-corrected chi connectivity index (χ3v) is 6.00. The minimum atomic E-state index is -0.759. The van der Waals surface area contributed by atoms with Crippen molar-refractivity contribution in [3.63, 3.8) is 0 Å². The largest absolute Gasteiger partial charge is 0.365 e. The molecular weight excluding hydrogens is 427 g/mol. The standard InChI is InChI=1S/C24H25FN4O4/c1-13-6-7-15(10-17(13)25)11-21(31)26-12-16-4-3-5-18-22(16)24(33)29(14(2)27-18)19-8-9-20(30)28-23(19)32/h3-7,10,14,19,27H,8-9,11-12H2,1-2H3,(H,26,31)(H,28,30,32). The van der Waals surface area contributed by atoms with Crippen molar-refractivity contribution in [3.05, 3.63) is 64.5 Å². The quantitative estimate of drug-likeness (QED) is 0.602. The van der Waals surface area contributed by atoms with E-state index in [2.05, 4.69) is 16.0 Å². The third kappa shape index (κ3) is 4.57. The van der Waals surface area contributed by atoms with E-state index in [1.807, 2.05) is 0 Å². The second-order valence-electron chi connectivity index (χ2n) is 8.38. The highest BCUT2D eigenvalue weighted by Gasteiger charge is 2.41. The molecule has 2 aromatic rings. The highest BCUT2D eigenvalue weighted by molar-refractivity contribution is 6.07. The zero-order valence-electron chi connectivity index (χ0n) is 18.4. The van der Waals surface area contributed by atoms with Crippen LogP contribution in [0.25, 0.3) is 0 Å². The second-order valence-corrected chi connectivity index (χ2v) is 8.38. The first kappa shape index (κ1) is 22.4. The molecule has 0 spiro atoms. The van der Waals surface area contributed by atoms with Gasteiger partial charge in [0.25, 0.3) is 5.91 Å². The van der Waals surface area contributed by atoms with Gasteiger partial charge < -0.3 is 15.5 Å². The number of amides is 4. The summed E-state index contributed by atoms with van der Waals surface area (Å²) in [6.07, 6.45) is -0.0196. The minimum Gasteiger partial charge on any atom is -0.365 e. The molecule has 2 aliphatic heterocycles. The third-order valence-electron chi connectivity index (χ3n) is 6.00.